The van der Waals surface area contributed by atoms with Crippen LogP contribution in [0.25, 0.3) is 0 Å². The van der Waals surface area contributed by atoms with Gasteiger partial charge >= 0.3 is 0 Å². The summed E-state index contributed by atoms with van der Waals surface area (Å²) < 4.78 is 0. The highest BCUT2D eigenvalue weighted by Gasteiger charge is 2.38. The second-order valence-electron chi connectivity index (χ2n) is 3.73. The van der Waals surface area contributed by atoms with Crippen LogP contribution in [0.4, 0.5) is 0 Å². The Hall–Kier alpha value is 0.540. The van der Waals surface area contributed by atoms with Crippen molar-refractivity contribution in [2.24, 2.45) is 5.41 Å². The van der Waals surface area contributed by atoms with Crippen LogP contribution in [-0.4, -0.2) is 30.4 Å². The van der Waals surface area contributed by atoms with E-state index in [1.165, 1.54) is 38.9 Å². The van der Waals surface area contributed by atoms with Crippen LogP contribution in [0.15, 0.2) is 0 Å². The lowest BCUT2D eigenvalue weighted by atomic mass is 9.74. The first-order chi connectivity index (χ1) is 4.85. The van der Waals surface area contributed by atoms with Crippen molar-refractivity contribution in [3.63, 3.8) is 0 Å². The van der Waals surface area contributed by atoms with Gasteiger partial charge in [-0.15, -0.1) is 24.0 Å². The third-order valence-electron chi connectivity index (χ3n) is 3.16. The molecular formula is C8H15Cl2N. The fourth-order valence-corrected chi connectivity index (χ4v) is 2.50. The molecule has 3 aliphatic heterocycles. The summed E-state index contributed by atoms with van der Waals surface area (Å²) in [7, 11) is 0. The van der Waals surface area contributed by atoms with Crippen LogP contribution in [0.3, 0.4) is 0 Å². The van der Waals surface area contributed by atoms with E-state index in [2.05, 4.69) is 4.90 Å². The zero-order chi connectivity index (χ0) is 7.03. The molecule has 1 nitrogen and oxygen atoms in total. The van der Waals surface area contributed by atoms with Gasteiger partial charge < -0.3 is 4.90 Å². The van der Waals surface area contributed by atoms with Crippen molar-refractivity contribution in [3.05, 3.63) is 0 Å². The Morgan fingerprint density at radius 1 is 1.09 bits per heavy atom. The van der Waals surface area contributed by atoms with Gasteiger partial charge in [0.05, 0.1) is 0 Å². The summed E-state index contributed by atoms with van der Waals surface area (Å²) in [6, 6.07) is 0. The molecule has 3 heteroatoms. The summed E-state index contributed by atoms with van der Waals surface area (Å²) in [6.07, 6.45) is 4.03. The largest absolute Gasteiger partial charge is 0.303 e. The zero-order valence-electron chi connectivity index (χ0n) is 6.68. The van der Waals surface area contributed by atoms with E-state index in [1.807, 2.05) is 0 Å². The Labute approximate surface area is 79.5 Å². The first-order valence-electron chi connectivity index (χ1n) is 4.13. The van der Waals surface area contributed by atoms with Gasteiger partial charge in [-0.25, -0.2) is 0 Å². The molecule has 0 atom stereocenters. The Bertz CT molecular complexity index is 116. The van der Waals surface area contributed by atoms with Crippen molar-refractivity contribution < 1.29 is 0 Å². The number of rotatable bonds is 1. The zero-order valence-corrected chi connectivity index (χ0v) is 8.26. The summed E-state index contributed by atoms with van der Waals surface area (Å²) >= 11 is 5.94. The minimum absolute atomic E-state index is 0. The van der Waals surface area contributed by atoms with Gasteiger partial charge in [0, 0.05) is 5.88 Å². The number of alkyl halides is 1. The van der Waals surface area contributed by atoms with Crippen LogP contribution < -0.4 is 0 Å². The molecule has 3 fully saturated rings. The smallest absolute Gasteiger partial charge is 0.0281 e. The molecule has 3 heterocycles. The van der Waals surface area contributed by atoms with E-state index in [0.29, 0.717) is 5.41 Å². The molecule has 3 aliphatic rings. The van der Waals surface area contributed by atoms with Crippen molar-refractivity contribution in [1.82, 2.24) is 4.90 Å². The number of fused-ring (bicyclic) bond motifs is 3. The van der Waals surface area contributed by atoms with Crippen molar-refractivity contribution >= 4 is 24.0 Å². The number of hydrogen-bond donors (Lipinski definition) is 0. The molecule has 0 radical (unpaired) electrons. The first kappa shape index (κ1) is 9.63. The van der Waals surface area contributed by atoms with Gasteiger partial charge in [-0.1, -0.05) is 0 Å². The molecule has 0 amide bonds. The first-order valence-corrected chi connectivity index (χ1v) is 4.66. The number of halogens is 2. The van der Waals surface area contributed by atoms with Gasteiger partial charge in [-0.05, 0) is 44.3 Å². The number of piperidine rings is 3. The maximum absolute atomic E-state index is 5.94. The predicted molar refractivity (Wildman–Crippen MR) is 50.7 cm³/mol. The number of nitrogens with zero attached hydrogens (tertiary/aromatic N) is 1. The lowest BCUT2D eigenvalue weighted by Gasteiger charge is -2.47. The van der Waals surface area contributed by atoms with Gasteiger partial charge in [0.15, 0.2) is 0 Å². The van der Waals surface area contributed by atoms with Gasteiger partial charge in [-0.3, -0.25) is 0 Å². The summed E-state index contributed by atoms with van der Waals surface area (Å²) in [5, 5.41) is 0. The SMILES string of the molecule is Cl.ClCC12CCN(CC1)CC2. The van der Waals surface area contributed by atoms with E-state index in [4.69, 9.17) is 11.6 Å². The molecular weight excluding hydrogens is 181 g/mol. The van der Waals surface area contributed by atoms with E-state index in [9.17, 15) is 0 Å². The highest BCUT2D eigenvalue weighted by atomic mass is 35.5. The quantitative estimate of drug-likeness (QED) is 0.580. The Balaban J connectivity index is 0.000000605. The van der Waals surface area contributed by atoms with E-state index in [0.717, 1.165) is 5.88 Å². The summed E-state index contributed by atoms with van der Waals surface area (Å²) in [5.74, 6) is 0.890. The van der Waals surface area contributed by atoms with Crippen LogP contribution in [-0.2, 0) is 0 Å². The van der Waals surface area contributed by atoms with Crippen LogP contribution in [0.5, 0.6) is 0 Å². The topological polar surface area (TPSA) is 3.24 Å². The third-order valence-corrected chi connectivity index (χ3v) is 3.73. The van der Waals surface area contributed by atoms with Crippen LogP contribution in [0.1, 0.15) is 19.3 Å². The van der Waals surface area contributed by atoms with Crippen molar-refractivity contribution in [1.29, 1.82) is 0 Å². The Morgan fingerprint density at radius 2 is 1.55 bits per heavy atom. The summed E-state index contributed by atoms with van der Waals surface area (Å²) in [5.41, 5.74) is 0.552. The van der Waals surface area contributed by atoms with Crippen LogP contribution >= 0.6 is 24.0 Å². The van der Waals surface area contributed by atoms with Gasteiger partial charge in [-0.2, -0.15) is 0 Å². The normalized spacial score (nSPS) is 41.7. The van der Waals surface area contributed by atoms with Crippen molar-refractivity contribution in [2.75, 3.05) is 25.5 Å². The highest BCUT2D eigenvalue weighted by Crippen LogP contribution is 2.40. The van der Waals surface area contributed by atoms with E-state index >= 15 is 0 Å². The minimum Gasteiger partial charge on any atom is -0.303 e. The second-order valence-corrected chi connectivity index (χ2v) is 3.99. The van der Waals surface area contributed by atoms with Crippen LogP contribution in [0.2, 0.25) is 0 Å². The van der Waals surface area contributed by atoms with E-state index in [-0.39, 0.29) is 12.4 Å². The monoisotopic (exact) mass is 195 g/mol. The molecule has 0 aromatic heterocycles. The maximum Gasteiger partial charge on any atom is 0.0281 e. The second kappa shape index (κ2) is 3.51. The molecule has 0 saturated carbocycles. The standard InChI is InChI=1S/C8H14ClN.ClH/c9-7-8-1-4-10(5-2-8)6-3-8;/h1-7H2;1H. The molecule has 0 unspecified atom stereocenters. The molecule has 2 bridgehead atoms. The molecule has 0 spiro atoms. The highest BCUT2D eigenvalue weighted by molar-refractivity contribution is 6.18. The maximum atomic E-state index is 5.94. The third kappa shape index (κ3) is 1.66. The van der Waals surface area contributed by atoms with Crippen molar-refractivity contribution in [3.8, 4) is 0 Å². The Kier molecular flexibility index (Phi) is 3.07. The van der Waals surface area contributed by atoms with Crippen molar-refractivity contribution in [2.45, 2.75) is 19.3 Å². The molecule has 11 heavy (non-hydrogen) atoms. The molecule has 0 aromatic carbocycles. The predicted octanol–water partition coefficient (Wildman–Crippen LogP) is 2.13. The van der Waals surface area contributed by atoms with Gasteiger partial charge in [0.25, 0.3) is 0 Å². The number of hydrogen-bond acceptors (Lipinski definition) is 1. The molecule has 0 aromatic rings. The molecule has 0 aliphatic carbocycles. The molecule has 3 rings (SSSR count). The molecule has 0 N–H and O–H groups in total. The van der Waals surface area contributed by atoms with E-state index < -0.39 is 0 Å². The molecule has 3 saturated heterocycles. The van der Waals surface area contributed by atoms with Crippen LogP contribution in [0, 0.1) is 5.41 Å². The average molecular weight is 196 g/mol. The fraction of sp³-hybridized carbons (Fsp3) is 1.00. The van der Waals surface area contributed by atoms with Gasteiger partial charge in [0.1, 0.15) is 0 Å². The van der Waals surface area contributed by atoms with Gasteiger partial charge in [0.2, 0.25) is 0 Å². The fourth-order valence-electron chi connectivity index (χ4n) is 2.10. The average Bonchev–Trinajstić information content (AvgIpc) is 2.08. The minimum atomic E-state index is 0. The lowest BCUT2D eigenvalue weighted by Crippen LogP contribution is -2.48. The molecule has 66 valence electrons. The summed E-state index contributed by atoms with van der Waals surface area (Å²) in [4.78, 5) is 2.55. The lowest BCUT2D eigenvalue weighted by molar-refractivity contribution is 0.0431. The Morgan fingerprint density at radius 3 is 1.82 bits per heavy atom. The summed E-state index contributed by atoms with van der Waals surface area (Å²) in [6.45, 7) is 3.90. The van der Waals surface area contributed by atoms with E-state index in [1.54, 1.807) is 0 Å².